The number of nitrogens with zero attached hydrogens (tertiary/aromatic N) is 2. The second-order valence-electron chi connectivity index (χ2n) is 8.99. The molecule has 1 heterocycles. The first-order valence-electron chi connectivity index (χ1n) is 10.8. The number of aliphatic imine (C=N–C) groups is 1. The van der Waals surface area contributed by atoms with E-state index in [0.717, 1.165) is 17.2 Å². The molecule has 152 valence electrons. The SMILES string of the molecule is C=C(/C=C(\C=C/C)[C@@]1(C)N=C(N)N(C)C(=C)C1c1ccc(C2CC2)cc1)C1CC1. The van der Waals surface area contributed by atoms with E-state index in [9.17, 15) is 0 Å². The number of hydrogen-bond donors (Lipinski definition) is 1. The van der Waals surface area contributed by atoms with Crippen LogP contribution in [0.4, 0.5) is 0 Å². The number of allylic oxidation sites excluding steroid dienone is 3. The molecule has 29 heavy (non-hydrogen) atoms. The normalized spacial score (nSPS) is 28.0. The Morgan fingerprint density at radius 2 is 1.79 bits per heavy atom. The molecule has 1 aliphatic heterocycles. The van der Waals surface area contributed by atoms with Crippen molar-refractivity contribution in [2.45, 2.75) is 56.9 Å². The first kappa shape index (κ1) is 19.8. The summed E-state index contributed by atoms with van der Waals surface area (Å²) in [6.07, 6.45) is 11.6. The molecule has 0 aromatic heterocycles. The highest BCUT2D eigenvalue weighted by atomic mass is 15.3. The van der Waals surface area contributed by atoms with E-state index >= 15 is 0 Å². The molecule has 0 radical (unpaired) electrons. The van der Waals surface area contributed by atoms with Crippen LogP contribution in [0.2, 0.25) is 0 Å². The van der Waals surface area contributed by atoms with Crippen LogP contribution in [-0.4, -0.2) is 23.4 Å². The van der Waals surface area contributed by atoms with E-state index in [1.54, 1.807) is 0 Å². The molecule has 0 amide bonds. The summed E-state index contributed by atoms with van der Waals surface area (Å²) in [4.78, 5) is 6.94. The molecule has 1 unspecified atom stereocenters. The van der Waals surface area contributed by atoms with Crippen molar-refractivity contribution >= 4 is 5.96 Å². The molecule has 1 aromatic rings. The third-order valence-corrected chi connectivity index (χ3v) is 6.71. The van der Waals surface area contributed by atoms with Crippen molar-refractivity contribution in [1.82, 2.24) is 4.90 Å². The van der Waals surface area contributed by atoms with Crippen molar-refractivity contribution in [1.29, 1.82) is 0 Å². The van der Waals surface area contributed by atoms with E-state index in [1.807, 2.05) is 18.9 Å². The van der Waals surface area contributed by atoms with Crippen molar-refractivity contribution in [2.75, 3.05) is 7.05 Å². The number of guanidine groups is 1. The van der Waals surface area contributed by atoms with Crippen LogP contribution in [-0.2, 0) is 0 Å². The molecule has 3 heteroatoms. The Hall–Kier alpha value is -2.55. The number of nitrogens with two attached hydrogens (primary N) is 1. The molecule has 0 spiro atoms. The number of likely N-dealkylation sites (N-methyl/N-ethyl adjacent to an activating group) is 1. The molecule has 2 saturated carbocycles. The number of hydrogen-bond acceptors (Lipinski definition) is 3. The quantitative estimate of drug-likeness (QED) is 0.641. The fraction of sp³-hybridized carbons (Fsp3) is 0.423. The van der Waals surface area contributed by atoms with Gasteiger partial charge in [0.15, 0.2) is 5.96 Å². The zero-order valence-electron chi connectivity index (χ0n) is 18.0. The monoisotopic (exact) mass is 387 g/mol. The van der Waals surface area contributed by atoms with Gasteiger partial charge in [0.1, 0.15) is 0 Å². The lowest BCUT2D eigenvalue weighted by atomic mass is 9.72. The molecular formula is C26H33N3. The Labute approximate surface area is 175 Å². The Balaban J connectivity index is 1.80. The van der Waals surface area contributed by atoms with Crippen LogP contribution in [0.25, 0.3) is 0 Å². The summed E-state index contributed by atoms with van der Waals surface area (Å²) in [7, 11) is 1.95. The summed E-state index contributed by atoms with van der Waals surface area (Å²) >= 11 is 0. The summed E-state index contributed by atoms with van der Waals surface area (Å²) < 4.78 is 0. The molecule has 0 bridgehead atoms. The van der Waals surface area contributed by atoms with Gasteiger partial charge in [0.05, 0.1) is 11.5 Å². The van der Waals surface area contributed by atoms with Gasteiger partial charge >= 0.3 is 0 Å². The summed E-state index contributed by atoms with van der Waals surface area (Å²) in [5.74, 6) is 1.89. The first-order chi connectivity index (χ1) is 13.8. The zero-order chi connectivity index (χ0) is 20.8. The van der Waals surface area contributed by atoms with Crippen LogP contribution < -0.4 is 5.73 Å². The van der Waals surface area contributed by atoms with E-state index in [-0.39, 0.29) is 5.92 Å². The topological polar surface area (TPSA) is 41.6 Å². The highest BCUT2D eigenvalue weighted by molar-refractivity contribution is 5.82. The van der Waals surface area contributed by atoms with Gasteiger partial charge in [0, 0.05) is 12.7 Å². The van der Waals surface area contributed by atoms with Gasteiger partial charge < -0.3 is 10.6 Å². The van der Waals surface area contributed by atoms with Gasteiger partial charge in [-0.3, -0.25) is 0 Å². The minimum Gasteiger partial charge on any atom is -0.370 e. The van der Waals surface area contributed by atoms with E-state index < -0.39 is 5.54 Å². The molecule has 2 N–H and O–H groups in total. The fourth-order valence-electron chi connectivity index (χ4n) is 4.48. The molecule has 2 atom stereocenters. The first-order valence-corrected chi connectivity index (χ1v) is 10.8. The van der Waals surface area contributed by atoms with Crippen LogP contribution in [0.3, 0.4) is 0 Å². The molecular weight excluding hydrogens is 354 g/mol. The summed E-state index contributed by atoms with van der Waals surface area (Å²) in [5, 5.41) is 0. The second kappa shape index (κ2) is 7.37. The van der Waals surface area contributed by atoms with Crippen LogP contribution in [0.5, 0.6) is 0 Å². The minimum atomic E-state index is -0.529. The molecule has 0 saturated heterocycles. The maximum Gasteiger partial charge on any atom is 0.196 e. The zero-order valence-corrected chi connectivity index (χ0v) is 18.0. The smallest absolute Gasteiger partial charge is 0.196 e. The maximum absolute atomic E-state index is 6.33. The van der Waals surface area contributed by atoms with Gasteiger partial charge in [-0.15, -0.1) is 0 Å². The van der Waals surface area contributed by atoms with E-state index in [2.05, 4.69) is 62.6 Å². The lowest BCUT2D eigenvalue weighted by Crippen LogP contribution is -2.49. The molecule has 1 aromatic carbocycles. The van der Waals surface area contributed by atoms with Crippen LogP contribution in [0.15, 0.2) is 77.5 Å². The van der Waals surface area contributed by atoms with Gasteiger partial charge in [-0.1, -0.05) is 61.2 Å². The highest BCUT2D eigenvalue weighted by Crippen LogP contribution is 2.48. The van der Waals surface area contributed by atoms with Gasteiger partial charge in [-0.2, -0.15) is 0 Å². The van der Waals surface area contributed by atoms with Gasteiger partial charge in [0.25, 0.3) is 0 Å². The second-order valence-corrected chi connectivity index (χ2v) is 8.99. The average Bonchev–Trinajstić information content (AvgIpc) is 3.58. The van der Waals surface area contributed by atoms with Crippen molar-refractivity contribution < 1.29 is 0 Å². The fourth-order valence-corrected chi connectivity index (χ4v) is 4.48. The lowest BCUT2D eigenvalue weighted by molar-refractivity contribution is 0.389. The Kier molecular flexibility index (Phi) is 5.02. The van der Waals surface area contributed by atoms with E-state index in [4.69, 9.17) is 10.7 Å². The molecule has 4 rings (SSSR count). The van der Waals surface area contributed by atoms with Crippen molar-refractivity contribution in [3.63, 3.8) is 0 Å². The number of benzene rings is 1. The van der Waals surface area contributed by atoms with E-state index in [1.165, 1.54) is 42.4 Å². The highest BCUT2D eigenvalue weighted by Gasteiger charge is 2.44. The lowest BCUT2D eigenvalue weighted by Gasteiger charge is -2.44. The van der Waals surface area contributed by atoms with Gasteiger partial charge in [-0.25, -0.2) is 4.99 Å². The Morgan fingerprint density at radius 1 is 1.17 bits per heavy atom. The summed E-state index contributed by atoms with van der Waals surface area (Å²) in [5.41, 5.74) is 11.8. The molecule has 3 nitrogen and oxygen atoms in total. The summed E-state index contributed by atoms with van der Waals surface area (Å²) in [6.45, 7) is 13.0. The van der Waals surface area contributed by atoms with Crippen molar-refractivity contribution in [3.8, 4) is 0 Å². The van der Waals surface area contributed by atoms with E-state index in [0.29, 0.717) is 11.9 Å². The third kappa shape index (κ3) is 3.71. The summed E-state index contributed by atoms with van der Waals surface area (Å²) in [6, 6.07) is 9.08. The van der Waals surface area contributed by atoms with Crippen LogP contribution in [0, 0.1) is 5.92 Å². The van der Waals surface area contributed by atoms with Crippen molar-refractivity contribution in [3.05, 3.63) is 83.6 Å². The largest absolute Gasteiger partial charge is 0.370 e. The minimum absolute atomic E-state index is 0.0162. The number of rotatable bonds is 6. The van der Waals surface area contributed by atoms with Gasteiger partial charge in [0.2, 0.25) is 0 Å². The van der Waals surface area contributed by atoms with Crippen LogP contribution in [0.1, 0.15) is 62.5 Å². The predicted molar refractivity (Wildman–Crippen MR) is 123 cm³/mol. The average molecular weight is 388 g/mol. The predicted octanol–water partition coefficient (Wildman–Crippen LogP) is 5.65. The maximum atomic E-state index is 6.33. The standard InChI is InChI=1S/C26H33N3/c1-6-7-23(16-17(2)19-8-9-19)26(4)24(18(3)29(5)25(27)28-26)22-14-12-21(13-15-22)20-10-11-20/h6-7,12-16,19-20,24H,2-3,8-11H2,1,4-5H3,(H2,27,28)/b7-6-,23-16+/t24?,26-/m1/s1. The molecule has 3 aliphatic rings. The molecule has 2 fully saturated rings. The van der Waals surface area contributed by atoms with Gasteiger partial charge in [-0.05, 0) is 68.1 Å². The third-order valence-electron chi connectivity index (χ3n) is 6.71. The molecule has 2 aliphatic carbocycles. The van der Waals surface area contributed by atoms with Crippen molar-refractivity contribution in [2.24, 2.45) is 16.6 Å². The Morgan fingerprint density at radius 3 is 2.34 bits per heavy atom. The van der Waals surface area contributed by atoms with Crippen LogP contribution >= 0.6 is 0 Å². The Bertz CT molecular complexity index is 910.